The molecule has 0 spiro atoms. The summed E-state index contributed by atoms with van der Waals surface area (Å²) in [4.78, 5) is 26.8. The first kappa shape index (κ1) is 17.7. The van der Waals surface area contributed by atoms with E-state index in [4.69, 9.17) is 4.52 Å². The number of fused-ring (bicyclic) bond motifs is 1. The topological polar surface area (TPSA) is 106 Å². The van der Waals surface area contributed by atoms with Gasteiger partial charge in [0, 0.05) is 29.8 Å². The van der Waals surface area contributed by atoms with Crippen molar-refractivity contribution < 1.29 is 18.9 Å². The molecule has 8 heteroatoms. The normalized spacial score (nSPS) is 14.0. The Labute approximate surface area is 160 Å². The lowest BCUT2D eigenvalue weighted by atomic mass is 10.1. The van der Waals surface area contributed by atoms with Crippen molar-refractivity contribution in [2.45, 2.75) is 12.8 Å². The molecule has 0 bridgehead atoms. The van der Waals surface area contributed by atoms with Crippen molar-refractivity contribution >= 4 is 34.8 Å². The van der Waals surface area contributed by atoms with E-state index in [1.165, 1.54) is 0 Å². The largest absolute Gasteiger partial charge is 0.370 e. The second-order valence-electron chi connectivity index (χ2n) is 6.48. The Balaban J connectivity index is 1.63. The Bertz CT molecular complexity index is 1050. The maximum Gasteiger partial charge on any atom is 0.323 e. The predicted molar refractivity (Wildman–Crippen MR) is 104 cm³/mol. The summed E-state index contributed by atoms with van der Waals surface area (Å²) in [6, 6.07) is 12.9. The molecule has 1 aromatic heterocycles. The number of carbonyl (C=O) groups excluding carboxylic acids is 2. The van der Waals surface area contributed by atoms with Crippen LogP contribution in [0.4, 0.5) is 5.69 Å². The molecule has 2 aromatic carbocycles. The Morgan fingerprint density at radius 1 is 1.25 bits per heavy atom. The number of aromatic nitrogens is 1. The molecular weight excluding hydrogens is 360 g/mol. The van der Waals surface area contributed by atoms with Crippen LogP contribution >= 0.6 is 0 Å². The number of amides is 1. The van der Waals surface area contributed by atoms with Crippen molar-refractivity contribution in [3.8, 4) is 11.3 Å². The van der Waals surface area contributed by atoms with Crippen molar-refractivity contribution in [1.82, 2.24) is 10.5 Å². The number of nitrogens with zero attached hydrogens (tertiary/aromatic N) is 2. The lowest BCUT2D eigenvalue weighted by Crippen LogP contribution is -2.19. The van der Waals surface area contributed by atoms with Gasteiger partial charge in [-0.15, -0.1) is 0 Å². The van der Waals surface area contributed by atoms with Crippen LogP contribution in [-0.2, 0) is 14.4 Å². The van der Waals surface area contributed by atoms with Gasteiger partial charge in [0.25, 0.3) is 0 Å². The highest BCUT2D eigenvalue weighted by atomic mass is 16.7. The number of carbonyl (C=O) groups is 2. The van der Waals surface area contributed by atoms with Crippen molar-refractivity contribution in [2.24, 2.45) is 11.1 Å². The highest BCUT2D eigenvalue weighted by Gasteiger charge is 2.29. The average molecular weight is 378 g/mol. The molecule has 1 heterocycles. The van der Waals surface area contributed by atoms with Crippen molar-refractivity contribution in [2.75, 3.05) is 12.4 Å². The SMILES string of the molecule is CN/C(=N\OC=O)c1ccc2noc(-c3ccc(NC(=O)C4CC4)cc3)c2c1. The summed E-state index contributed by atoms with van der Waals surface area (Å²) < 4.78 is 5.53. The Morgan fingerprint density at radius 3 is 2.71 bits per heavy atom. The zero-order valence-electron chi connectivity index (χ0n) is 15.1. The molecule has 0 unspecified atom stereocenters. The van der Waals surface area contributed by atoms with Gasteiger partial charge in [0.05, 0.1) is 5.39 Å². The minimum absolute atomic E-state index is 0.0685. The molecule has 1 aliphatic carbocycles. The van der Waals surface area contributed by atoms with Crippen molar-refractivity contribution in [3.05, 3.63) is 48.0 Å². The van der Waals surface area contributed by atoms with Crippen LogP contribution in [0.15, 0.2) is 52.1 Å². The number of amidine groups is 1. The fourth-order valence-corrected chi connectivity index (χ4v) is 2.91. The number of anilines is 1. The third-order valence-corrected chi connectivity index (χ3v) is 4.54. The van der Waals surface area contributed by atoms with Crippen LogP contribution in [0.3, 0.4) is 0 Å². The molecule has 1 fully saturated rings. The first-order valence-corrected chi connectivity index (χ1v) is 8.86. The lowest BCUT2D eigenvalue weighted by Gasteiger charge is -2.06. The van der Waals surface area contributed by atoms with Crippen LogP contribution < -0.4 is 10.6 Å². The fourth-order valence-electron chi connectivity index (χ4n) is 2.91. The quantitative estimate of drug-likeness (QED) is 0.225. The number of nitrogens with one attached hydrogen (secondary N) is 2. The van der Waals surface area contributed by atoms with E-state index in [0.29, 0.717) is 17.1 Å². The van der Waals surface area contributed by atoms with Crippen molar-refractivity contribution in [3.63, 3.8) is 0 Å². The van der Waals surface area contributed by atoms with E-state index in [2.05, 4.69) is 25.8 Å². The van der Waals surface area contributed by atoms with Crippen LogP contribution in [0.25, 0.3) is 22.2 Å². The third-order valence-electron chi connectivity index (χ3n) is 4.54. The van der Waals surface area contributed by atoms with E-state index in [0.717, 1.165) is 35.0 Å². The van der Waals surface area contributed by atoms with E-state index in [1.807, 2.05) is 30.3 Å². The average Bonchev–Trinajstić information content (AvgIpc) is 3.49. The molecular formula is C20H18N4O4. The van der Waals surface area contributed by atoms with E-state index >= 15 is 0 Å². The van der Waals surface area contributed by atoms with Crippen LogP contribution in [0.2, 0.25) is 0 Å². The highest BCUT2D eigenvalue weighted by Crippen LogP contribution is 2.32. The Kier molecular flexibility index (Phi) is 4.76. The second kappa shape index (κ2) is 7.51. The third kappa shape index (κ3) is 3.57. The van der Waals surface area contributed by atoms with Gasteiger partial charge in [-0.3, -0.25) is 9.59 Å². The standard InChI is InChI=1S/C20H18N4O4/c1-21-19(24-27-11-25)14-6-9-17-16(10-14)18(28-23-17)12-4-7-15(8-5-12)22-20(26)13-2-3-13/h4-11,13H,2-3H2,1H3,(H,21,24)(H,22,26). The van der Waals surface area contributed by atoms with Crippen LogP contribution in [0.1, 0.15) is 18.4 Å². The van der Waals surface area contributed by atoms with Gasteiger partial charge in [-0.25, -0.2) is 0 Å². The van der Waals surface area contributed by atoms with Gasteiger partial charge in [-0.2, -0.15) is 0 Å². The summed E-state index contributed by atoms with van der Waals surface area (Å²) in [7, 11) is 1.68. The van der Waals surface area contributed by atoms with E-state index in [-0.39, 0.29) is 18.3 Å². The van der Waals surface area contributed by atoms with Gasteiger partial charge in [-0.05, 0) is 55.3 Å². The number of oxime groups is 1. The summed E-state index contributed by atoms with van der Waals surface area (Å²) >= 11 is 0. The lowest BCUT2D eigenvalue weighted by molar-refractivity contribution is -0.128. The molecule has 1 amide bonds. The summed E-state index contributed by atoms with van der Waals surface area (Å²) in [5, 5.41) is 14.4. The minimum atomic E-state index is 0.0685. The van der Waals surface area contributed by atoms with E-state index in [9.17, 15) is 9.59 Å². The molecule has 8 nitrogen and oxygen atoms in total. The molecule has 142 valence electrons. The zero-order valence-corrected chi connectivity index (χ0v) is 15.1. The van der Waals surface area contributed by atoms with Gasteiger partial charge >= 0.3 is 6.47 Å². The first-order chi connectivity index (χ1) is 13.7. The molecule has 0 atom stereocenters. The first-order valence-electron chi connectivity index (χ1n) is 8.86. The molecule has 0 aliphatic heterocycles. The maximum atomic E-state index is 11.9. The molecule has 28 heavy (non-hydrogen) atoms. The fraction of sp³-hybridized carbons (Fsp3) is 0.200. The smallest absolute Gasteiger partial charge is 0.323 e. The van der Waals surface area contributed by atoms with E-state index < -0.39 is 0 Å². The molecule has 1 saturated carbocycles. The van der Waals surface area contributed by atoms with Gasteiger partial charge in [0.1, 0.15) is 5.52 Å². The van der Waals surface area contributed by atoms with Crippen molar-refractivity contribution in [1.29, 1.82) is 0 Å². The summed E-state index contributed by atoms with van der Waals surface area (Å²) in [6.45, 7) is 0.254. The van der Waals surface area contributed by atoms with Gasteiger partial charge in [0.15, 0.2) is 11.6 Å². The zero-order chi connectivity index (χ0) is 19.5. The maximum absolute atomic E-state index is 11.9. The predicted octanol–water partition coefficient (Wildman–Crippen LogP) is 2.90. The van der Waals surface area contributed by atoms with Crippen LogP contribution in [-0.4, -0.2) is 30.4 Å². The molecule has 0 radical (unpaired) electrons. The number of rotatable bonds is 6. The van der Waals surface area contributed by atoms with Gasteiger partial charge in [-0.1, -0.05) is 10.3 Å². The number of benzene rings is 2. The molecule has 4 rings (SSSR count). The summed E-state index contributed by atoms with van der Waals surface area (Å²) in [6.07, 6.45) is 1.93. The number of hydrogen-bond donors (Lipinski definition) is 2. The molecule has 3 aromatic rings. The van der Waals surface area contributed by atoms with Gasteiger partial charge < -0.3 is 20.0 Å². The highest BCUT2D eigenvalue weighted by molar-refractivity contribution is 6.03. The summed E-state index contributed by atoms with van der Waals surface area (Å²) in [5.41, 5.74) is 2.99. The Morgan fingerprint density at radius 2 is 2.04 bits per heavy atom. The second-order valence-corrected chi connectivity index (χ2v) is 6.48. The Hall–Kier alpha value is -3.68. The monoisotopic (exact) mass is 378 g/mol. The van der Waals surface area contributed by atoms with Crippen LogP contribution in [0, 0.1) is 5.92 Å². The molecule has 1 aliphatic rings. The van der Waals surface area contributed by atoms with Crippen LogP contribution in [0.5, 0.6) is 0 Å². The number of hydrogen-bond acceptors (Lipinski definition) is 6. The minimum Gasteiger partial charge on any atom is -0.370 e. The molecule has 0 saturated heterocycles. The molecule has 2 N–H and O–H groups in total. The van der Waals surface area contributed by atoms with Gasteiger partial charge in [0.2, 0.25) is 5.91 Å². The summed E-state index contributed by atoms with van der Waals surface area (Å²) in [5.74, 6) is 1.23. The van der Waals surface area contributed by atoms with E-state index in [1.54, 1.807) is 19.2 Å².